The number of aromatic nitrogens is 2. The van der Waals surface area contributed by atoms with E-state index in [1.165, 1.54) is 49.5 Å². The quantitative estimate of drug-likeness (QED) is 0.0624. The predicted octanol–water partition coefficient (Wildman–Crippen LogP) is 7.05. The Morgan fingerprint density at radius 2 is 1.51 bits per heavy atom. The Hall–Kier alpha value is -3.94. The van der Waals surface area contributed by atoms with E-state index in [4.69, 9.17) is 0 Å². The molecule has 4 aromatic carbocycles. The lowest BCUT2D eigenvalue weighted by atomic mass is 10.1. The SMILES string of the molecule is [O-]OOSCCCC[n+]1ccc(/C=C/c2ccc3c(c2)c2ccccc2n3-c2ccccc2)c2ccccc21. The molecule has 6 aromatic rings. The molecule has 6 rings (SSSR count). The number of unbranched alkanes of at least 4 members (excludes halogenated alkanes) is 1. The highest BCUT2D eigenvalue weighted by Gasteiger charge is 2.13. The summed E-state index contributed by atoms with van der Waals surface area (Å²) in [6, 6.07) is 36.6. The maximum Gasteiger partial charge on any atom is 0.213 e. The van der Waals surface area contributed by atoms with Gasteiger partial charge in [-0.2, -0.15) is 8.90 Å². The van der Waals surface area contributed by atoms with Gasteiger partial charge in [-0.25, -0.2) is 0 Å². The molecule has 0 fully saturated rings. The average Bonchev–Trinajstić information content (AvgIpc) is 3.32. The lowest BCUT2D eigenvalue weighted by molar-refractivity contribution is -0.777. The molecule has 0 aliphatic heterocycles. The average molecular weight is 533 g/mol. The van der Waals surface area contributed by atoms with Crippen LogP contribution in [0.4, 0.5) is 0 Å². The van der Waals surface area contributed by atoms with Gasteiger partial charge in [0.1, 0.15) is 6.54 Å². The Morgan fingerprint density at radius 1 is 0.744 bits per heavy atom. The first-order valence-corrected chi connectivity index (χ1v) is 14.0. The Morgan fingerprint density at radius 3 is 2.38 bits per heavy atom. The van der Waals surface area contributed by atoms with E-state index < -0.39 is 0 Å². The zero-order chi connectivity index (χ0) is 26.4. The molecule has 0 spiro atoms. The third-order valence-electron chi connectivity index (χ3n) is 7.08. The van der Waals surface area contributed by atoms with Gasteiger partial charge >= 0.3 is 0 Å². The molecular weight excluding hydrogens is 504 g/mol. The van der Waals surface area contributed by atoms with Crippen LogP contribution in [0.1, 0.15) is 24.0 Å². The fourth-order valence-electron chi connectivity index (χ4n) is 5.28. The van der Waals surface area contributed by atoms with Gasteiger partial charge in [-0.15, -0.1) is 0 Å². The monoisotopic (exact) mass is 532 g/mol. The summed E-state index contributed by atoms with van der Waals surface area (Å²) in [6.07, 6.45) is 8.48. The van der Waals surface area contributed by atoms with Crippen molar-refractivity contribution >= 4 is 56.9 Å². The number of hydrogen-bond acceptors (Lipinski definition) is 4. The molecule has 0 N–H and O–H groups in total. The maximum atomic E-state index is 9.92. The van der Waals surface area contributed by atoms with Crippen LogP contribution in [-0.4, -0.2) is 10.3 Å². The van der Waals surface area contributed by atoms with E-state index in [0.29, 0.717) is 0 Å². The van der Waals surface area contributed by atoms with Gasteiger partial charge in [0, 0.05) is 52.8 Å². The predicted molar refractivity (Wildman–Crippen MR) is 158 cm³/mol. The van der Waals surface area contributed by atoms with E-state index in [2.05, 4.69) is 140 Å². The number of hydrogen-bond donors (Lipinski definition) is 0. The van der Waals surface area contributed by atoms with Crippen molar-refractivity contribution in [1.29, 1.82) is 0 Å². The highest BCUT2D eigenvalue weighted by atomic mass is 32.2. The van der Waals surface area contributed by atoms with Crippen molar-refractivity contribution < 1.29 is 19.2 Å². The van der Waals surface area contributed by atoms with E-state index >= 15 is 0 Å². The summed E-state index contributed by atoms with van der Waals surface area (Å²) in [7, 11) is 0. The molecule has 0 aliphatic rings. The molecule has 0 amide bonds. The highest BCUT2D eigenvalue weighted by molar-refractivity contribution is 7.94. The minimum Gasteiger partial charge on any atom is -0.691 e. The first-order chi connectivity index (χ1) is 19.3. The molecule has 39 heavy (non-hydrogen) atoms. The van der Waals surface area contributed by atoms with Gasteiger partial charge in [0.25, 0.3) is 0 Å². The van der Waals surface area contributed by atoms with Crippen molar-refractivity contribution in [2.75, 3.05) is 5.75 Å². The smallest absolute Gasteiger partial charge is 0.213 e. The topological polar surface area (TPSA) is 50.3 Å². The third kappa shape index (κ3) is 5.33. The van der Waals surface area contributed by atoms with Gasteiger partial charge in [-0.05, 0) is 53.9 Å². The van der Waals surface area contributed by atoms with Gasteiger partial charge < -0.3 is 9.82 Å². The van der Waals surface area contributed by atoms with Gasteiger partial charge in [0.15, 0.2) is 6.20 Å². The van der Waals surface area contributed by atoms with Gasteiger partial charge in [-0.3, -0.25) is 5.04 Å². The second kappa shape index (κ2) is 11.8. The fourth-order valence-corrected chi connectivity index (χ4v) is 5.71. The molecule has 0 radical (unpaired) electrons. The van der Waals surface area contributed by atoms with Gasteiger partial charge in [-0.1, -0.05) is 66.7 Å². The van der Waals surface area contributed by atoms with E-state index in [0.717, 1.165) is 37.2 Å². The van der Waals surface area contributed by atoms with Gasteiger partial charge in [0.2, 0.25) is 5.52 Å². The Balaban J connectivity index is 1.30. The largest absolute Gasteiger partial charge is 0.691 e. The molecule has 0 bridgehead atoms. The zero-order valence-electron chi connectivity index (χ0n) is 21.4. The molecule has 0 atom stereocenters. The number of para-hydroxylation sites is 3. The Bertz CT molecular complexity index is 1760. The number of aryl methyl sites for hydroxylation is 1. The number of rotatable bonds is 10. The summed E-state index contributed by atoms with van der Waals surface area (Å²) in [6.45, 7) is 0.894. The van der Waals surface area contributed by atoms with Crippen molar-refractivity contribution in [2.45, 2.75) is 19.4 Å². The maximum absolute atomic E-state index is 9.92. The number of fused-ring (bicyclic) bond motifs is 4. The lowest BCUT2D eigenvalue weighted by Crippen LogP contribution is -2.34. The van der Waals surface area contributed by atoms with Crippen LogP contribution >= 0.6 is 12.0 Å². The van der Waals surface area contributed by atoms with Gasteiger partial charge in [0.05, 0.1) is 16.4 Å². The standard InChI is InChI=1S/C33H28N2O3S/c36-37-38-39-23-9-8-21-34-22-20-26(28-12-4-6-14-31(28)34)18-16-25-17-19-33-30(24-25)29-13-5-7-15-32(29)35(33)27-10-2-1-3-11-27/h1-7,10-20,22,24H,8-9,21,23H2. The zero-order valence-corrected chi connectivity index (χ0v) is 22.2. The Kier molecular flexibility index (Phi) is 7.70. The van der Waals surface area contributed by atoms with E-state index in [1.54, 1.807) is 0 Å². The summed E-state index contributed by atoms with van der Waals surface area (Å²) in [5.41, 5.74) is 7.14. The van der Waals surface area contributed by atoms with Crippen LogP contribution in [0, 0.1) is 0 Å². The second-order valence-corrected chi connectivity index (χ2v) is 10.2. The van der Waals surface area contributed by atoms with Crippen LogP contribution in [0.25, 0.3) is 50.5 Å². The van der Waals surface area contributed by atoms with Crippen molar-refractivity contribution in [3.63, 3.8) is 0 Å². The number of nitrogens with zero attached hydrogens (tertiary/aromatic N) is 2. The molecule has 6 heteroatoms. The molecule has 0 saturated carbocycles. The molecule has 2 aromatic heterocycles. The summed E-state index contributed by atoms with van der Waals surface area (Å²) in [4.78, 5) is 0. The molecule has 0 saturated heterocycles. The summed E-state index contributed by atoms with van der Waals surface area (Å²) in [5.74, 6) is 0.718. The van der Waals surface area contributed by atoms with E-state index in [9.17, 15) is 5.26 Å². The molecule has 5 nitrogen and oxygen atoms in total. The lowest BCUT2D eigenvalue weighted by Gasteiger charge is -2.07. The van der Waals surface area contributed by atoms with Crippen LogP contribution < -0.4 is 9.82 Å². The van der Waals surface area contributed by atoms with Crippen LogP contribution in [0.3, 0.4) is 0 Å². The third-order valence-corrected chi connectivity index (χ3v) is 7.68. The van der Waals surface area contributed by atoms with E-state index in [-0.39, 0.29) is 0 Å². The highest BCUT2D eigenvalue weighted by Crippen LogP contribution is 2.33. The molecule has 2 heterocycles. The number of pyridine rings is 1. The normalized spacial score (nSPS) is 11.8. The van der Waals surface area contributed by atoms with Crippen molar-refractivity contribution in [2.24, 2.45) is 0 Å². The van der Waals surface area contributed by atoms with Crippen LogP contribution in [0.2, 0.25) is 0 Å². The second-order valence-electron chi connectivity index (χ2n) is 9.44. The molecule has 0 aliphatic carbocycles. The summed E-state index contributed by atoms with van der Waals surface area (Å²) < 4.78 is 8.97. The number of benzene rings is 4. The first-order valence-electron chi connectivity index (χ1n) is 13.1. The van der Waals surface area contributed by atoms with Crippen molar-refractivity contribution in [3.05, 3.63) is 120 Å². The summed E-state index contributed by atoms with van der Waals surface area (Å²) in [5, 5.41) is 17.0. The molecule has 194 valence electrons. The van der Waals surface area contributed by atoms with Crippen molar-refractivity contribution in [1.82, 2.24) is 4.57 Å². The first kappa shape index (κ1) is 25.3. The van der Waals surface area contributed by atoms with Crippen LogP contribution in [-0.2, 0) is 15.9 Å². The van der Waals surface area contributed by atoms with Crippen LogP contribution in [0.5, 0.6) is 0 Å². The Labute approximate surface area is 231 Å². The fraction of sp³-hybridized carbons (Fsp3) is 0.121. The van der Waals surface area contributed by atoms with E-state index in [1.807, 2.05) is 0 Å². The summed E-state index contributed by atoms with van der Waals surface area (Å²) >= 11 is 1.05. The van der Waals surface area contributed by atoms with Crippen molar-refractivity contribution in [3.8, 4) is 5.69 Å². The van der Waals surface area contributed by atoms with Crippen LogP contribution in [0.15, 0.2) is 109 Å². The molecule has 0 unspecified atom stereocenters. The minimum atomic E-state index is 0.718. The minimum absolute atomic E-state index is 0.718. The molecular formula is C33H28N2O3S.